The van der Waals surface area contributed by atoms with Gasteiger partial charge in [-0.15, -0.1) is 0 Å². The summed E-state index contributed by atoms with van der Waals surface area (Å²) in [6.45, 7) is 5.03. The van der Waals surface area contributed by atoms with Crippen molar-refractivity contribution in [3.63, 3.8) is 0 Å². The predicted molar refractivity (Wildman–Crippen MR) is 136 cm³/mol. The Morgan fingerprint density at radius 3 is 2.66 bits per heavy atom. The van der Waals surface area contributed by atoms with E-state index >= 15 is 0 Å². The molecular weight excluding hydrogens is 442 g/mol. The first kappa shape index (κ1) is 23.2. The van der Waals surface area contributed by atoms with Gasteiger partial charge in [0.1, 0.15) is 5.82 Å². The molecule has 0 saturated carbocycles. The zero-order chi connectivity index (χ0) is 24.2. The third kappa shape index (κ3) is 5.11. The lowest BCUT2D eigenvalue weighted by Gasteiger charge is -2.28. The van der Waals surface area contributed by atoms with E-state index in [4.69, 9.17) is 14.7 Å². The maximum atomic E-state index is 12.8. The normalized spacial score (nSPS) is 15.4. The molecule has 0 atom stereocenters. The van der Waals surface area contributed by atoms with Gasteiger partial charge >= 0.3 is 0 Å². The third-order valence-electron chi connectivity index (χ3n) is 6.33. The minimum atomic E-state index is -0.0776. The number of hydrogen-bond donors (Lipinski definition) is 1. The Labute approximate surface area is 205 Å². The summed E-state index contributed by atoms with van der Waals surface area (Å²) in [6, 6.07) is 11.7. The number of aromatic nitrogens is 3. The van der Waals surface area contributed by atoms with E-state index in [9.17, 15) is 4.79 Å². The Kier molecular flexibility index (Phi) is 6.87. The van der Waals surface area contributed by atoms with E-state index in [2.05, 4.69) is 20.1 Å². The lowest BCUT2D eigenvalue weighted by atomic mass is 10.0. The van der Waals surface area contributed by atoms with Crippen molar-refractivity contribution < 1.29 is 9.53 Å². The summed E-state index contributed by atoms with van der Waals surface area (Å²) >= 11 is 0. The summed E-state index contributed by atoms with van der Waals surface area (Å²) in [6.07, 6.45) is 4.43. The Balaban J connectivity index is 1.52. The van der Waals surface area contributed by atoms with Gasteiger partial charge in [-0.05, 0) is 44.8 Å². The van der Waals surface area contributed by atoms with Crippen LogP contribution >= 0.6 is 0 Å². The molecule has 0 unspecified atom stereocenters. The number of likely N-dealkylation sites (N-methyl/N-ethyl adjacent to an activating group) is 1. The number of ether oxygens (including phenoxy) is 1. The molecule has 2 aliphatic heterocycles. The fourth-order valence-corrected chi connectivity index (χ4v) is 4.47. The third-order valence-corrected chi connectivity index (χ3v) is 6.33. The van der Waals surface area contributed by atoms with Crippen LogP contribution in [-0.2, 0) is 11.2 Å². The van der Waals surface area contributed by atoms with Crippen LogP contribution in [0, 0.1) is 0 Å². The number of fused-ring (bicyclic) bond motifs is 1. The molecule has 1 N–H and O–H groups in total. The van der Waals surface area contributed by atoms with Crippen molar-refractivity contribution >= 4 is 23.4 Å². The van der Waals surface area contributed by atoms with E-state index in [1.165, 1.54) is 0 Å². The predicted octanol–water partition coefficient (Wildman–Crippen LogP) is 2.36. The lowest BCUT2D eigenvalue weighted by molar-refractivity contribution is 0.0951. The van der Waals surface area contributed by atoms with Crippen LogP contribution in [-0.4, -0.2) is 85.8 Å². The number of nitrogens with zero attached hydrogens (tertiary/aromatic N) is 6. The van der Waals surface area contributed by atoms with E-state index in [1.807, 2.05) is 55.4 Å². The van der Waals surface area contributed by atoms with Crippen molar-refractivity contribution in [2.75, 3.05) is 69.8 Å². The smallest absolute Gasteiger partial charge is 0.251 e. The van der Waals surface area contributed by atoms with Crippen molar-refractivity contribution in [3.05, 3.63) is 59.9 Å². The standard InChI is InChI=1S/C26H31N7O2/c1-31(2)13-11-28-25(34)20-5-3-4-19(18-20)23-22-8-12-33(21-6-9-27-10-7-21)24(22)30-26(29-23)32-14-16-35-17-15-32/h3-7,9-10,18H,8,11-17H2,1-2H3,(H,28,34). The van der Waals surface area contributed by atoms with Gasteiger partial charge in [0.2, 0.25) is 5.95 Å². The van der Waals surface area contributed by atoms with Crippen molar-refractivity contribution in [1.29, 1.82) is 0 Å². The molecule has 1 fully saturated rings. The second-order valence-electron chi connectivity index (χ2n) is 9.02. The largest absolute Gasteiger partial charge is 0.378 e. The molecule has 1 amide bonds. The maximum Gasteiger partial charge on any atom is 0.251 e. The van der Waals surface area contributed by atoms with E-state index in [0.29, 0.717) is 31.3 Å². The highest BCUT2D eigenvalue weighted by atomic mass is 16.5. The number of morpholine rings is 1. The number of carbonyl (C=O) groups is 1. The average molecular weight is 474 g/mol. The summed E-state index contributed by atoms with van der Waals surface area (Å²) in [5.74, 6) is 1.54. The molecule has 0 bridgehead atoms. The SMILES string of the molecule is CN(C)CCNC(=O)c1cccc(-c2nc(N3CCOCC3)nc3c2CCN3c2ccncc2)c1. The first-order valence-electron chi connectivity index (χ1n) is 12.0. The quantitative estimate of drug-likeness (QED) is 0.560. The number of benzene rings is 1. The fraction of sp³-hybridized carbons (Fsp3) is 0.385. The summed E-state index contributed by atoms with van der Waals surface area (Å²) in [5, 5.41) is 3.00. The van der Waals surface area contributed by atoms with Gasteiger partial charge in [0.05, 0.1) is 18.9 Å². The van der Waals surface area contributed by atoms with Gasteiger partial charge in [0, 0.05) is 67.5 Å². The highest BCUT2D eigenvalue weighted by molar-refractivity contribution is 5.95. The second kappa shape index (κ2) is 10.4. The van der Waals surface area contributed by atoms with Crippen LogP contribution in [0.2, 0.25) is 0 Å². The summed E-state index contributed by atoms with van der Waals surface area (Å²) < 4.78 is 5.55. The molecule has 1 aromatic carbocycles. The molecule has 3 aromatic rings. The van der Waals surface area contributed by atoms with Gasteiger partial charge in [-0.3, -0.25) is 9.78 Å². The number of pyridine rings is 1. The zero-order valence-electron chi connectivity index (χ0n) is 20.3. The molecule has 4 heterocycles. The van der Waals surface area contributed by atoms with E-state index < -0.39 is 0 Å². The van der Waals surface area contributed by atoms with E-state index in [-0.39, 0.29) is 5.91 Å². The number of anilines is 3. The fourth-order valence-electron chi connectivity index (χ4n) is 4.47. The highest BCUT2D eigenvalue weighted by Gasteiger charge is 2.29. The molecule has 0 spiro atoms. The molecular formula is C26H31N7O2. The number of rotatable bonds is 7. The Morgan fingerprint density at radius 2 is 1.89 bits per heavy atom. The van der Waals surface area contributed by atoms with Crippen LogP contribution in [0.5, 0.6) is 0 Å². The van der Waals surface area contributed by atoms with Crippen LogP contribution in [0.1, 0.15) is 15.9 Å². The van der Waals surface area contributed by atoms with Crippen molar-refractivity contribution in [2.45, 2.75) is 6.42 Å². The zero-order valence-corrected chi connectivity index (χ0v) is 20.3. The number of hydrogen-bond acceptors (Lipinski definition) is 8. The summed E-state index contributed by atoms with van der Waals surface area (Å²) in [5.41, 5.74) is 4.60. The molecule has 0 radical (unpaired) electrons. The van der Waals surface area contributed by atoms with Crippen LogP contribution in [0.3, 0.4) is 0 Å². The second-order valence-corrected chi connectivity index (χ2v) is 9.02. The van der Waals surface area contributed by atoms with Crippen molar-refractivity contribution in [1.82, 2.24) is 25.2 Å². The first-order chi connectivity index (χ1) is 17.1. The molecule has 35 heavy (non-hydrogen) atoms. The van der Waals surface area contributed by atoms with Gasteiger partial charge in [0.25, 0.3) is 5.91 Å². The minimum absolute atomic E-state index is 0.0776. The minimum Gasteiger partial charge on any atom is -0.378 e. The Morgan fingerprint density at radius 1 is 1.09 bits per heavy atom. The lowest BCUT2D eigenvalue weighted by Crippen LogP contribution is -2.37. The molecule has 1 saturated heterocycles. The molecule has 5 rings (SSSR count). The van der Waals surface area contributed by atoms with Crippen LogP contribution < -0.4 is 15.1 Å². The number of amides is 1. The molecule has 2 aliphatic rings. The van der Waals surface area contributed by atoms with Crippen LogP contribution in [0.4, 0.5) is 17.5 Å². The van der Waals surface area contributed by atoms with Gasteiger partial charge in [-0.25, -0.2) is 4.98 Å². The van der Waals surface area contributed by atoms with Crippen LogP contribution in [0.15, 0.2) is 48.8 Å². The topological polar surface area (TPSA) is 86.7 Å². The van der Waals surface area contributed by atoms with Crippen molar-refractivity contribution in [2.24, 2.45) is 0 Å². The Bertz CT molecular complexity index is 1180. The molecule has 9 nitrogen and oxygen atoms in total. The Hall–Kier alpha value is -3.56. The van der Waals surface area contributed by atoms with Crippen LogP contribution in [0.25, 0.3) is 11.3 Å². The monoisotopic (exact) mass is 473 g/mol. The highest BCUT2D eigenvalue weighted by Crippen LogP contribution is 2.39. The average Bonchev–Trinajstić information content (AvgIpc) is 3.33. The summed E-state index contributed by atoms with van der Waals surface area (Å²) in [7, 11) is 3.98. The van der Waals surface area contributed by atoms with Gasteiger partial charge in [0.15, 0.2) is 0 Å². The van der Waals surface area contributed by atoms with E-state index in [1.54, 1.807) is 12.4 Å². The summed E-state index contributed by atoms with van der Waals surface area (Å²) in [4.78, 5) is 33.5. The van der Waals surface area contributed by atoms with Gasteiger partial charge in [-0.1, -0.05) is 12.1 Å². The van der Waals surface area contributed by atoms with Gasteiger partial charge in [-0.2, -0.15) is 4.98 Å². The molecule has 182 valence electrons. The maximum absolute atomic E-state index is 12.8. The molecule has 9 heteroatoms. The molecule has 0 aliphatic carbocycles. The number of nitrogens with one attached hydrogen (secondary N) is 1. The first-order valence-corrected chi connectivity index (χ1v) is 12.0. The van der Waals surface area contributed by atoms with Crippen molar-refractivity contribution in [3.8, 4) is 11.3 Å². The van der Waals surface area contributed by atoms with Gasteiger partial charge < -0.3 is 24.8 Å². The van der Waals surface area contributed by atoms with E-state index in [0.717, 1.165) is 60.9 Å². The molecule has 2 aromatic heterocycles. The number of carbonyl (C=O) groups excluding carboxylic acids is 1.